The summed E-state index contributed by atoms with van der Waals surface area (Å²) in [5.41, 5.74) is 4.98. The molecule has 1 aromatic carbocycles. The number of nitro groups is 1. The van der Waals surface area contributed by atoms with Gasteiger partial charge in [-0.05, 0) is 25.5 Å². The van der Waals surface area contributed by atoms with Gasteiger partial charge in [-0.15, -0.1) is 0 Å². The fourth-order valence-electron chi connectivity index (χ4n) is 1.35. The number of benzene rings is 1. The Morgan fingerprint density at radius 1 is 1.53 bits per heavy atom. The average Bonchev–Trinajstić information content (AvgIpc) is 2.27. The smallest absolute Gasteiger partial charge is 0.289 e. The Kier molecular flexibility index (Phi) is 5.24. The highest BCUT2D eigenvalue weighted by molar-refractivity contribution is 7.89. The number of nitrogens with one attached hydrogen (secondary N) is 1. The van der Waals surface area contributed by atoms with E-state index in [1.54, 1.807) is 6.92 Å². The topological polar surface area (TPSA) is 115 Å². The van der Waals surface area contributed by atoms with Crippen LogP contribution in [0.2, 0.25) is 5.02 Å². The molecule has 19 heavy (non-hydrogen) atoms. The van der Waals surface area contributed by atoms with Gasteiger partial charge >= 0.3 is 0 Å². The Balaban J connectivity index is 3.06. The van der Waals surface area contributed by atoms with Gasteiger partial charge in [0.05, 0.1) is 4.92 Å². The first-order valence-corrected chi connectivity index (χ1v) is 7.29. The van der Waals surface area contributed by atoms with E-state index in [0.29, 0.717) is 6.42 Å². The van der Waals surface area contributed by atoms with Gasteiger partial charge in [-0.2, -0.15) is 0 Å². The fraction of sp³-hybridized carbons (Fsp3) is 0.400. The maximum Gasteiger partial charge on any atom is 0.289 e. The van der Waals surface area contributed by atoms with Crippen LogP contribution in [0, 0.1) is 10.1 Å². The largest absolute Gasteiger partial charge is 0.328 e. The molecule has 0 aromatic heterocycles. The highest BCUT2D eigenvalue weighted by Gasteiger charge is 2.25. The quantitative estimate of drug-likeness (QED) is 0.606. The maximum atomic E-state index is 12.0. The van der Waals surface area contributed by atoms with Gasteiger partial charge < -0.3 is 5.73 Å². The summed E-state index contributed by atoms with van der Waals surface area (Å²) >= 11 is 5.68. The second kappa shape index (κ2) is 6.29. The molecular weight excluding hydrogens is 294 g/mol. The highest BCUT2D eigenvalue weighted by atomic mass is 35.5. The van der Waals surface area contributed by atoms with Gasteiger partial charge in [0.1, 0.15) is 0 Å². The molecule has 9 heteroatoms. The summed E-state index contributed by atoms with van der Waals surface area (Å²) in [4.78, 5) is 9.60. The minimum Gasteiger partial charge on any atom is -0.328 e. The standard InChI is InChI=1S/C10H14ClN3O4S/c1-7(12)4-5-13-19(17,18)10-6-8(11)2-3-9(10)14(15)16/h2-3,6-7,13H,4-5,12H2,1H3. The number of hydrogen-bond acceptors (Lipinski definition) is 5. The van der Waals surface area contributed by atoms with Crippen molar-refractivity contribution in [3.05, 3.63) is 33.3 Å². The first-order valence-electron chi connectivity index (χ1n) is 5.43. The number of rotatable bonds is 6. The van der Waals surface area contributed by atoms with Crippen LogP contribution in [-0.4, -0.2) is 25.9 Å². The molecule has 0 aliphatic rings. The molecule has 7 nitrogen and oxygen atoms in total. The van der Waals surface area contributed by atoms with Crippen molar-refractivity contribution in [3.63, 3.8) is 0 Å². The summed E-state index contributed by atoms with van der Waals surface area (Å²) in [6.07, 6.45) is 0.424. The zero-order chi connectivity index (χ0) is 14.6. The Bertz CT molecular complexity index is 574. The lowest BCUT2D eigenvalue weighted by Gasteiger charge is -2.09. The molecule has 0 heterocycles. The van der Waals surface area contributed by atoms with E-state index >= 15 is 0 Å². The molecule has 0 saturated carbocycles. The van der Waals surface area contributed by atoms with Gasteiger partial charge in [0.15, 0.2) is 4.90 Å². The Hall–Kier alpha value is -1.22. The van der Waals surface area contributed by atoms with Crippen LogP contribution < -0.4 is 10.5 Å². The first kappa shape index (κ1) is 15.8. The van der Waals surface area contributed by atoms with Crippen LogP contribution in [0.4, 0.5) is 5.69 Å². The van der Waals surface area contributed by atoms with Crippen LogP contribution in [0.25, 0.3) is 0 Å². The average molecular weight is 308 g/mol. The lowest BCUT2D eigenvalue weighted by molar-refractivity contribution is -0.387. The number of sulfonamides is 1. The minimum atomic E-state index is -3.99. The zero-order valence-corrected chi connectivity index (χ0v) is 11.7. The molecule has 0 saturated heterocycles. The monoisotopic (exact) mass is 307 g/mol. The van der Waals surface area contributed by atoms with Crippen molar-refractivity contribution in [2.45, 2.75) is 24.3 Å². The van der Waals surface area contributed by atoms with Crippen molar-refractivity contribution in [1.29, 1.82) is 0 Å². The van der Waals surface area contributed by atoms with Crippen LogP contribution in [0.3, 0.4) is 0 Å². The molecule has 106 valence electrons. The highest BCUT2D eigenvalue weighted by Crippen LogP contribution is 2.26. The number of halogens is 1. The number of nitro benzene ring substituents is 1. The van der Waals surface area contributed by atoms with E-state index in [1.165, 1.54) is 6.07 Å². The Morgan fingerprint density at radius 2 is 2.16 bits per heavy atom. The van der Waals surface area contributed by atoms with Crippen molar-refractivity contribution in [2.24, 2.45) is 5.73 Å². The minimum absolute atomic E-state index is 0.101. The fourth-order valence-corrected chi connectivity index (χ4v) is 2.83. The molecule has 3 N–H and O–H groups in total. The van der Waals surface area contributed by atoms with Crippen LogP contribution in [0.5, 0.6) is 0 Å². The van der Waals surface area contributed by atoms with Gasteiger partial charge in [-0.3, -0.25) is 10.1 Å². The van der Waals surface area contributed by atoms with Gasteiger partial charge in [-0.25, -0.2) is 13.1 Å². The molecule has 1 aromatic rings. The Morgan fingerprint density at radius 3 is 2.68 bits per heavy atom. The molecule has 1 rings (SSSR count). The second-order valence-corrected chi connectivity index (χ2v) is 6.20. The van der Waals surface area contributed by atoms with Crippen molar-refractivity contribution >= 4 is 27.3 Å². The molecule has 0 amide bonds. The molecule has 0 bridgehead atoms. The van der Waals surface area contributed by atoms with E-state index in [4.69, 9.17) is 17.3 Å². The summed E-state index contributed by atoms with van der Waals surface area (Å²) in [5, 5.41) is 10.9. The summed E-state index contributed by atoms with van der Waals surface area (Å²) < 4.78 is 26.2. The maximum absolute atomic E-state index is 12.0. The normalized spacial score (nSPS) is 13.2. The SMILES string of the molecule is CC(N)CCNS(=O)(=O)c1cc(Cl)ccc1[N+](=O)[O-]. The van der Waals surface area contributed by atoms with Crippen LogP contribution in [0.15, 0.2) is 23.1 Å². The number of nitrogens with zero attached hydrogens (tertiary/aromatic N) is 1. The van der Waals surface area contributed by atoms with Crippen molar-refractivity contribution in [2.75, 3.05) is 6.54 Å². The third-order valence-electron chi connectivity index (χ3n) is 2.30. The lowest BCUT2D eigenvalue weighted by Crippen LogP contribution is -2.29. The van der Waals surface area contributed by atoms with E-state index in [-0.39, 0.29) is 17.6 Å². The molecule has 0 fully saturated rings. The Labute approximate surface area is 115 Å². The third-order valence-corrected chi connectivity index (χ3v) is 4.03. The van der Waals surface area contributed by atoms with Crippen molar-refractivity contribution in [1.82, 2.24) is 4.72 Å². The lowest BCUT2D eigenvalue weighted by atomic mass is 10.3. The number of hydrogen-bond donors (Lipinski definition) is 2. The molecule has 1 unspecified atom stereocenters. The van der Waals surface area contributed by atoms with Crippen molar-refractivity contribution in [3.8, 4) is 0 Å². The van der Waals surface area contributed by atoms with Crippen molar-refractivity contribution < 1.29 is 13.3 Å². The van der Waals surface area contributed by atoms with Crippen LogP contribution in [0.1, 0.15) is 13.3 Å². The summed E-state index contributed by atoms with van der Waals surface area (Å²) in [6, 6.07) is 3.20. The first-order chi connectivity index (χ1) is 8.74. The molecule has 1 atom stereocenters. The molecule has 0 aliphatic heterocycles. The van der Waals surface area contributed by atoms with E-state index in [1.807, 2.05) is 0 Å². The van der Waals surface area contributed by atoms with E-state index < -0.39 is 25.5 Å². The zero-order valence-electron chi connectivity index (χ0n) is 10.2. The van der Waals surface area contributed by atoms with Crippen LogP contribution in [-0.2, 0) is 10.0 Å². The van der Waals surface area contributed by atoms with E-state index in [9.17, 15) is 18.5 Å². The van der Waals surface area contributed by atoms with E-state index in [2.05, 4.69) is 4.72 Å². The molecular formula is C10H14ClN3O4S. The third kappa shape index (κ3) is 4.43. The van der Waals surface area contributed by atoms with Gasteiger partial charge in [-0.1, -0.05) is 11.6 Å². The predicted octanol–water partition coefficient (Wildman–Crippen LogP) is 1.26. The van der Waals surface area contributed by atoms with Gasteiger partial charge in [0.2, 0.25) is 10.0 Å². The van der Waals surface area contributed by atoms with Crippen LogP contribution >= 0.6 is 11.6 Å². The second-order valence-electron chi connectivity index (χ2n) is 4.03. The summed E-state index contributed by atoms with van der Waals surface area (Å²) in [5.74, 6) is 0. The van der Waals surface area contributed by atoms with Gasteiger partial charge in [0.25, 0.3) is 5.69 Å². The summed E-state index contributed by atoms with van der Waals surface area (Å²) in [6.45, 7) is 1.83. The number of nitrogens with two attached hydrogens (primary N) is 1. The molecule has 0 spiro atoms. The van der Waals surface area contributed by atoms with E-state index in [0.717, 1.165) is 12.1 Å². The molecule has 0 radical (unpaired) electrons. The predicted molar refractivity (Wildman–Crippen MR) is 71.6 cm³/mol. The van der Waals surface area contributed by atoms with Gasteiger partial charge in [0, 0.05) is 23.7 Å². The molecule has 0 aliphatic carbocycles. The summed E-state index contributed by atoms with van der Waals surface area (Å²) in [7, 11) is -3.99.